The van der Waals surface area contributed by atoms with Gasteiger partial charge in [-0.05, 0) is 33.1 Å². The van der Waals surface area contributed by atoms with Crippen LogP contribution in [0.4, 0.5) is 4.79 Å². The average Bonchev–Trinajstić information content (AvgIpc) is 2.20. The minimum Gasteiger partial charge on any atom is -0.447 e. The Hall–Kier alpha value is -0.730. The second-order valence-corrected chi connectivity index (χ2v) is 4.19. The van der Waals surface area contributed by atoms with E-state index in [0.29, 0.717) is 5.92 Å². The molecule has 0 aliphatic heterocycles. The van der Waals surface area contributed by atoms with Crippen LogP contribution in [0, 0.1) is 5.92 Å². The summed E-state index contributed by atoms with van der Waals surface area (Å²) < 4.78 is 5.12. The average molecular weight is 231 g/mol. The first-order chi connectivity index (χ1) is 7.47. The molecular weight excluding hydrogens is 202 g/mol. The second kappa shape index (κ2) is 10.8. The second-order valence-electron chi connectivity index (χ2n) is 4.19. The number of hydrogen-bond acceptors (Lipinski definition) is 2. The predicted molar refractivity (Wildman–Crippen MR) is 69.7 cm³/mol. The van der Waals surface area contributed by atoms with E-state index in [1.54, 1.807) is 4.90 Å². The van der Waals surface area contributed by atoms with Crippen LogP contribution < -0.4 is 0 Å². The lowest BCUT2D eigenvalue weighted by molar-refractivity contribution is 0.0771. The molecular formula is C13H29NO2. The number of carbonyl (C=O) groups excluding carboxylic acids is 1. The Labute approximate surface area is 101 Å². The third-order valence-corrected chi connectivity index (χ3v) is 1.95. The smallest absolute Gasteiger partial charge is 0.409 e. The number of hydrogen-bond donors (Lipinski definition) is 0. The molecule has 0 saturated heterocycles. The molecule has 16 heavy (non-hydrogen) atoms. The molecule has 0 bridgehead atoms. The van der Waals surface area contributed by atoms with Gasteiger partial charge in [0.25, 0.3) is 0 Å². The van der Waals surface area contributed by atoms with Gasteiger partial charge >= 0.3 is 6.09 Å². The zero-order valence-electron chi connectivity index (χ0n) is 12.0. The Balaban J connectivity index is 0. The molecule has 0 unspecified atom stereocenters. The summed E-state index contributed by atoms with van der Waals surface area (Å²) in [6.07, 6.45) is 0.805. The number of amides is 1. The molecule has 0 saturated carbocycles. The highest BCUT2D eigenvalue weighted by atomic mass is 16.6. The van der Waals surface area contributed by atoms with Gasteiger partial charge in [0, 0.05) is 13.1 Å². The summed E-state index contributed by atoms with van der Waals surface area (Å²) in [6, 6.07) is 0. The van der Waals surface area contributed by atoms with Crippen LogP contribution in [0.25, 0.3) is 0 Å². The summed E-state index contributed by atoms with van der Waals surface area (Å²) in [7, 11) is 0. The maximum Gasteiger partial charge on any atom is 0.409 e. The zero-order chi connectivity index (χ0) is 13.1. The minimum atomic E-state index is -0.192. The van der Waals surface area contributed by atoms with Gasteiger partial charge in [-0.3, -0.25) is 0 Å². The van der Waals surface area contributed by atoms with Crippen molar-refractivity contribution in [1.82, 2.24) is 4.90 Å². The quantitative estimate of drug-likeness (QED) is 0.717. The molecule has 0 atom stereocenters. The maximum absolute atomic E-state index is 11.5. The zero-order valence-corrected chi connectivity index (χ0v) is 12.0. The maximum atomic E-state index is 11.5. The Morgan fingerprint density at radius 2 is 1.69 bits per heavy atom. The van der Waals surface area contributed by atoms with Gasteiger partial charge in [0.05, 0.1) is 6.10 Å². The van der Waals surface area contributed by atoms with Crippen molar-refractivity contribution in [1.29, 1.82) is 0 Å². The van der Waals surface area contributed by atoms with E-state index < -0.39 is 0 Å². The van der Waals surface area contributed by atoms with Crippen molar-refractivity contribution >= 4 is 6.09 Å². The first kappa shape index (κ1) is 17.7. The van der Waals surface area contributed by atoms with Gasteiger partial charge in [0.15, 0.2) is 0 Å². The first-order valence-electron chi connectivity index (χ1n) is 6.42. The van der Waals surface area contributed by atoms with E-state index in [-0.39, 0.29) is 12.2 Å². The highest BCUT2D eigenvalue weighted by molar-refractivity contribution is 5.67. The van der Waals surface area contributed by atoms with Crippen molar-refractivity contribution < 1.29 is 9.53 Å². The summed E-state index contributed by atoms with van der Waals surface area (Å²) >= 11 is 0. The van der Waals surface area contributed by atoms with Crippen LogP contribution in [0.5, 0.6) is 0 Å². The van der Waals surface area contributed by atoms with Crippen LogP contribution in [0.3, 0.4) is 0 Å². The lowest BCUT2D eigenvalue weighted by Crippen LogP contribution is -2.34. The van der Waals surface area contributed by atoms with Crippen LogP contribution >= 0.6 is 0 Å². The molecule has 0 N–H and O–H groups in total. The van der Waals surface area contributed by atoms with E-state index in [1.165, 1.54) is 0 Å². The summed E-state index contributed by atoms with van der Waals surface area (Å²) in [5.41, 5.74) is 0. The monoisotopic (exact) mass is 231 g/mol. The van der Waals surface area contributed by atoms with E-state index in [2.05, 4.69) is 13.8 Å². The Kier molecular flexibility index (Phi) is 11.9. The van der Waals surface area contributed by atoms with Crippen molar-refractivity contribution in [2.24, 2.45) is 5.92 Å². The number of nitrogens with zero attached hydrogens (tertiary/aromatic N) is 1. The molecule has 0 aromatic heterocycles. The molecule has 0 radical (unpaired) electrons. The van der Waals surface area contributed by atoms with Crippen molar-refractivity contribution in [2.45, 2.75) is 61.0 Å². The van der Waals surface area contributed by atoms with Crippen LogP contribution in [0.15, 0.2) is 0 Å². The molecule has 3 nitrogen and oxygen atoms in total. The number of rotatable bonds is 5. The van der Waals surface area contributed by atoms with Crippen LogP contribution in [0.2, 0.25) is 0 Å². The largest absolute Gasteiger partial charge is 0.447 e. The summed E-state index contributed by atoms with van der Waals surface area (Å²) in [6.45, 7) is 15.5. The Morgan fingerprint density at radius 1 is 1.19 bits per heavy atom. The van der Waals surface area contributed by atoms with Crippen molar-refractivity contribution in [3.05, 3.63) is 0 Å². The fraction of sp³-hybridized carbons (Fsp3) is 0.923. The molecule has 0 fully saturated rings. The summed E-state index contributed by atoms with van der Waals surface area (Å²) in [4.78, 5) is 13.3. The number of carbonyl (C=O) groups is 1. The van der Waals surface area contributed by atoms with Gasteiger partial charge in [-0.15, -0.1) is 0 Å². The van der Waals surface area contributed by atoms with Gasteiger partial charge < -0.3 is 9.64 Å². The molecule has 0 aromatic carbocycles. The minimum absolute atomic E-state index is 0.0319. The Morgan fingerprint density at radius 3 is 2.00 bits per heavy atom. The molecule has 0 spiro atoms. The van der Waals surface area contributed by atoms with Gasteiger partial charge in [-0.25, -0.2) is 4.79 Å². The fourth-order valence-corrected chi connectivity index (χ4v) is 1.07. The van der Waals surface area contributed by atoms with Crippen molar-refractivity contribution in [2.75, 3.05) is 13.1 Å². The lowest BCUT2D eigenvalue weighted by Gasteiger charge is -2.22. The molecule has 0 aromatic rings. The van der Waals surface area contributed by atoms with E-state index in [9.17, 15) is 4.79 Å². The normalized spacial score (nSPS) is 9.81. The third-order valence-electron chi connectivity index (χ3n) is 1.95. The Bertz CT molecular complexity index is 167. The highest BCUT2D eigenvalue weighted by Crippen LogP contribution is 2.04. The van der Waals surface area contributed by atoms with Crippen molar-refractivity contribution in [3.8, 4) is 0 Å². The topological polar surface area (TPSA) is 29.5 Å². The van der Waals surface area contributed by atoms with Gasteiger partial charge in [-0.2, -0.15) is 0 Å². The third kappa shape index (κ3) is 9.81. The molecule has 0 heterocycles. The van der Waals surface area contributed by atoms with Crippen molar-refractivity contribution in [3.63, 3.8) is 0 Å². The molecule has 98 valence electrons. The van der Waals surface area contributed by atoms with E-state index in [1.807, 2.05) is 34.6 Å². The molecule has 1 amide bonds. The SMILES string of the molecule is CC.CCN(CCC(C)C)C(=O)OC(C)C. The van der Waals surface area contributed by atoms with Gasteiger partial charge in [0.1, 0.15) is 0 Å². The van der Waals surface area contributed by atoms with Crippen LogP contribution in [-0.4, -0.2) is 30.2 Å². The molecule has 3 heteroatoms. The van der Waals surface area contributed by atoms with E-state index >= 15 is 0 Å². The predicted octanol–water partition coefficient (Wildman–Crippen LogP) is 3.93. The highest BCUT2D eigenvalue weighted by Gasteiger charge is 2.14. The summed E-state index contributed by atoms with van der Waals surface area (Å²) in [5, 5.41) is 0. The number of ether oxygens (including phenoxy) is 1. The van der Waals surface area contributed by atoms with Gasteiger partial charge in [0.2, 0.25) is 0 Å². The molecule has 0 rings (SSSR count). The first-order valence-corrected chi connectivity index (χ1v) is 6.42. The van der Waals surface area contributed by atoms with E-state index in [0.717, 1.165) is 19.5 Å². The lowest BCUT2D eigenvalue weighted by atomic mass is 10.1. The summed E-state index contributed by atoms with van der Waals surface area (Å²) in [5.74, 6) is 0.621. The standard InChI is InChI=1S/C11H23NO2.C2H6/c1-6-12(8-7-9(2)3)11(13)14-10(4)5;1-2/h9-10H,6-8H2,1-5H3;1-2H3. The van der Waals surface area contributed by atoms with E-state index in [4.69, 9.17) is 4.74 Å². The van der Waals surface area contributed by atoms with Crippen LogP contribution in [0.1, 0.15) is 54.9 Å². The fourth-order valence-electron chi connectivity index (χ4n) is 1.07. The van der Waals surface area contributed by atoms with Crippen LogP contribution in [-0.2, 0) is 4.74 Å². The molecule has 0 aliphatic carbocycles. The molecule has 0 aliphatic rings. The van der Waals surface area contributed by atoms with Gasteiger partial charge in [-0.1, -0.05) is 27.7 Å².